The fraction of sp³-hybridized carbons (Fsp3) is 0.302. The van der Waals surface area contributed by atoms with Crippen LogP contribution in [0.4, 0.5) is 4.39 Å². The second-order valence-electron chi connectivity index (χ2n) is 10.9. The zero-order valence-electron chi connectivity index (χ0n) is 33.7. The number of ether oxygens (including phenoxy) is 10. The lowest BCUT2D eigenvalue weighted by molar-refractivity contribution is 0.352. The van der Waals surface area contributed by atoms with Gasteiger partial charge in [-0.2, -0.15) is 0 Å². The van der Waals surface area contributed by atoms with Crippen LogP contribution in [-0.2, 0) is 0 Å². The number of rotatable bonds is 10. The Morgan fingerprint density at radius 3 is 1.00 bits per heavy atom. The molecule has 0 N–H and O–H groups in total. The maximum Gasteiger partial charge on any atom is 0.163 e. The summed E-state index contributed by atoms with van der Waals surface area (Å²) in [6.07, 6.45) is 0. The van der Waals surface area contributed by atoms with Gasteiger partial charge in [-0.05, 0) is 92.1 Å². The van der Waals surface area contributed by atoms with Crippen LogP contribution < -0.4 is 47.4 Å². The van der Waals surface area contributed by atoms with E-state index in [1.165, 1.54) is 43.5 Å². The first-order valence-electron chi connectivity index (χ1n) is 16.6. The summed E-state index contributed by atoms with van der Waals surface area (Å²) < 4.78 is 62.9. The van der Waals surface area contributed by atoms with Gasteiger partial charge in [0, 0.05) is 6.07 Å². The molecule has 0 atom stereocenters. The third kappa shape index (κ3) is 15.3. The van der Waals surface area contributed by atoms with Gasteiger partial charge in [0.15, 0.2) is 57.5 Å². The summed E-state index contributed by atoms with van der Waals surface area (Å²) in [5.74, 6) is 6.87. The number of hydrogen-bond acceptors (Lipinski definition) is 10. The van der Waals surface area contributed by atoms with Crippen LogP contribution in [0.15, 0.2) is 97.1 Å². The standard InChI is InChI=1S/3C9H12O2.C8H9FO2.C8H10O2/c2*1-7-4-5-8(10-2)9(6-7)11-3;1-7-5-4-6-8(10-2)9(7)11-3;1-10-7-4-3-6(9)5-8(7)11-2;1-9-7-5-3-4-6-8(7)10-2/h3*4-6H,1-3H3;3-5H,1-2H3;3-6H,1-2H3. The fourth-order valence-corrected chi connectivity index (χ4v) is 4.53. The highest BCUT2D eigenvalue weighted by molar-refractivity contribution is 5.46. The van der Waals surface area contributed by atoms with Crippen LogP contribution in [0.5, 0.6) is 57.5 Å². The summed E-state index contributed by atoms with van der Waals surface area (Å²) in [7, 11) is 16.0. The Hall–Kier alpha value is -5.97. The third-order valence-electron chi connectivity index (χ3n) is 7.31. The van der Waals surface area contributed by atoms with Crippen molar-refractivity contribution in [2.24, 2.45) is 0 Å². The van der Waals surface area contributed by atoms with Crippen LogP contribution in [0.2, 0.25) is 0 Å². The van der Waals surface area contributed by atoms with E-state index in [0.717, 1.165) is 51.6 Å². The average molecular weight is 751 g/mol. The van der Waals surface area contributed by atoms with E-state index in [1.807, 2.05) is 99.6 Å². The minimum Gasteiger partial charge on any atom is -0.493 e. The van der Waals surface area contributed by atoms with Crippen molar-refractivity contribution in [3.63, 3.8) is 0 Å². The molecule has 0 amide bonds. The quantitative estimate of drug-likeness (QED) is 0.137. The fourth-order valence-electron chi connectivity index (χ4n) is 4.53. The molecule has 0 radical (unpaired) electrons. The van der Waals surface area contributed by atoms with E-state index in [2.05, 4.69) is 0 Å². The number of halogens is 1. The van der Waals surface area contributed by atoms with Gasteiger partial charge in [0.2, 0.25) is 0 Å². The largest absolute Gasteiger partial charge is 0.493 e. The minimum atomic E-state index is -0.331. The van der Waals surface area contributed by atoms with Crippen molar-refractivity contribution in [2.45, 2.75) is 20.8 Å². The van der Waals surface area contributed by atoms with Crippen molar-refractivity contribution in [1.82, 2.24) is 0 Å². The highest BCUT2D eigenvalue weighted by Crippen LogP contribution is 2.30. The molecule has 5 aromatic carbocycles. The average Bonchev–Trinajstić information content (AvgIpc) is 3.21. The van der Waals surface area contributed by atoms with Crippen molar-refractivity contribution in [3.05, 3.63) is 120 Å². The van der Waals surface area contributed by atoms with Gasteiger partial charge in [-0.25, -0.2) is 4.39 Å². The van der Waals surface area contributed by atoms with Crippen LogP contribution in [0, 0.1) is 26.6 Å². The predicted octanol–water partition coefficient (Wildman–Crippen LogP) is 9.58. The Bertz CT molecular complexity index is 1640. The molecule has 5 rings (SSSR count). The van der Waals surface area contributed by atoms with E-state index in [4.69, 9.17) is 47.4 Å². The molecule has 0 saturated heterocycles. The minimum absolute atomic E-state index is 0.331. The third-order valence-corrected chi connectivity index (χ3v) is 7.31. The summed E-state index contributed by atoms with van der Waals surface area (Å²) >= 11 is 0. The lowest BCUT2D eigenvalue weighted by Crippen LogP contribution is -1.91. The van der Waals surface area contributed by atoms with Crippen LogP contribution in [0.3, 0.4) is 0 Å². The lowest BCUT2D eigenvalue weighted by atomic mass is 10.2. The van der Waals surface area contributed by atoms with E-state index in [0.29, 0.717) is 11.5 Å². The number of benzene rings is 5. The van der Waals surface area contributed by atoms with Gasteiger partial charge in [-0.15, -0.1) is 0 Å². The molecule has 0 unspecified atom stereocenters. The molecule has 0 bridgehead atoms. The van der Waals surface area contributed by atoms with Crippen molar-refractivity contribution < 1.29 is 51.8 Å². The monoisotopic (exact) mass is 750 g/mol. The molecule has 10 nitrogen and oxygen atoms in total. The molecule has 0 fully saturated rings. The second-order valence-corrected chi connectivity index (χ2v) is 10.9. The number of para-hydroxylation sites is 3. The lowest BCUT2D eigenvalue weighted by Gasteiger charge is -2.08. The van der Waals surface area contributed by atoms with Crippen molar-refractivity contribution >= 4 is 0 Å². The second kappa shape index (κ2) is 25.9. The first kappa shape index (κ1) is 46.1. The Labute approximate surface area is 320 Å². The van der Waals surface area contributed by atoms with Gasteiger partial charge < -0.3 is 47.4 Å². The molecule has 0 aliphatic heterocycles. The number of aryl methyl sites for hydroxylation is 3. The Morgan fingerprint density at radius 2 is 0.648 bits per heavy atom. The van der Waals surface area contributed by atoms with Crippen molar-refractivity contribution in [1.29, 1.82) is 0 Å². The van der Waals surface area contributed by atoms with Gasteiger partial charge in [0.1, 0.15) is 5.82 Å². The van der Waals surface area contributed by atoms with E-state index in [-0.39, 0.29) is 5.82 Å². The summed E-state index contributed by atoms with van der Waals surface area (Å²) in [6.45, 7) is 6.02. The molecule has 0 heterocycles. The SMILES string of the molecule is COc1ccc(C)cc1OC.COc1ccc(C)cc1OC.COc1ccc(F)cc1OC.COc1cccc(C)c1OC.COc1ccccc1OC. The zero-order valence-corrected chi connectivity index (χ0v) is 33.7. The van der Waals surface area contributed by atoms with Crippen molar-refractivity contribution in [2.75, 3.05) is 71.1 Å². The maximum atomic E-state index is 12.5. The molecule has 11 heteroatoms. The molecular weight excluding hydrogens is 695 g/mol. The first-order valence-corrected chi connectivity index (χ1v) is 16.6. The molecule has 294 valence electrons. The van der Waals surface area contributed by atoms with Crippen molar-refractivity contribution in [3.8, 4) is 57.5 Å². The van der Waals surface area contributed by atoms with Crippen LogP contribution in [-0.4, -0.2) is 71.1 Å². The highest BCUT2D eigenvalue weighted by atomic mass is 19.1. The smallest absolute Gasteiger partial charge is 0.163 e. The van der Waals surface area contributed by atoms with Gasteiger partial charge in [0.05, 0.1) is 71.1 Å². The molecule has 5 aromatic rings. The zero-order chi connectivity index (χ0) is 40.5. The highest BCUT2D eigenvalue weighted by Gasteiger charge is 2.05. The maximum absolute atomic E-state index is 12.5. The van der Waals surface area contributed by atoms with Crippen LogP contribution in [0.25, 0.3) is 0 Å². The molecule has 0 saturated carbocycles. The van der Waals surface area contributed by atoms with Gasteiger partial charge in [-0.1, -0.05) is 36.4 Å². The molecule has 0 aliphatic rings. The Balaban J connectivity index is 0.000000338. The molecular formula is C43H55FO10. The normalized spacial score (nSPS) is 9.30. The summed E-state index contributed by atoms with van der Waals surface area (Å²) in [4.78, 5) is 0. The van der Waals surface area contributed by atoms with E-state index in [1.54, 1.807) is 56.9 Å². The molecule has 54 heavy (non-hydrogen) atoms. The summed E-state index contributed by atoms with van der Waals surface area (Å²) in [5.41, 5.74) is 3.43. The molecule has 0 aromatic heterocycles. The Kier molecular flexibility index (Phi) is 22.1. The number of methoxy groups -OCH3 is 10. The summed E-state index contributed by atoms with van der Waals surface area (Å²) in [5, 5.41) is 0. The van der Waals surface area contributed by atoms with Crippen LogP contribution in [0.1, 0.15) is 16.7 Å². The van der Waals surface area contributed by atoms with E-state index < -0.39 is 0 Å². The predicted molar refractivity (Wildman–Crippen MR) is 212 cm³/mol. The van der Waals surface area contributed by atoms with Crippen LogP contribution >= 0.6 is 0 Å². The molecule has 0 aliphatic carbocycles. The number of hydrogen-bond donors (Lipinski definition) is 0. The Morgan fingerprint density at radius 1 is 0.315 bits per heavy atom. The topological polar surface area (TPSA) is 92.3 Å². The summed E-state index contributed by atoms with van der Waals surface area (Å²) in [6, 6.07) is 29.1. The van der Waals surface area contributed by atoms with Gasteiger partial charge in [-0.3, -0.25) is 0 Å². The first-order chi connectivity index (χ1) is 26.0. The van der Waals surface area contributed by atoms with E-state index in [9.17, 15) is 4.39 Å². The van der Waals surface area contributed by atoms with E-state index >= 15 is 0 Å². The van der Waals surface area contributed by atoms with Gasteiger partial charge >= 0.3 is 0 Å². The van der Waals surface area contributed by atoms with Gasteiger partial charge in [0.25, 0.3) is 0 Å². The molecule has 0 spiro atoms.